The zero-order chi connectivity index (χ0) is 21.8. The SMILES string of the molecule is CN1CCOCC1COc1ccc(-c2nccc(CO[Si](C)(C)C(C)(C)C)n2)cc1. The molecule has 0 bridgehead atoms. The van der Waals surface area contributed by atoms with Crippen molar-refractivity contribution >= 4 is 8.32 Å². The first-order valence-corrected chi connectivity index (χ1v) is 13.5. The van der Waals surface area contributed by atoms with Crippen LogP contribution in [-0.2, 0) is 15.8 Å². The molecule has 6 nitrogen and oxygen atoms in total. The van der Waals surface area contributed by atoms with E-state index in [0.29, 0.717) is 31.7 Å². The minimum Gasteiger partial charge on any atom is -0.492 e. The van der Waals surface area contributed by atoms with Crippen molar-refractivity contribution in [3.05, 3.63) is 42.2 Å². The summed E-state index contributed by atoms with van der Waals surface area (Å²) in [6.45, 7) is 14.8. The minimum atomic E-state index is -1.81. The second kappa shape index (κ2) is 9.56. The van der Waals surface area contributed by atoms with Crippen molar-refractivity contribution in [2.75, 3.05) is 33.4 Å². The highest BCUT2D eigenvalue weighted by Crippen LogP contribution is 2.37. The normalized spacial score (nSPS) is 18.4. The highest BCUT2D eigenvalue weighted by molar-refractivity contribution is 6.74. The first-order valence-electron chi connectivity index (χ1n) is 10.6. The fourth-order valence-corrected chi connectivity index (χ4v) is 3.83. The summed E-state index contributed by atoms with van der Waals surface area (Å²) in [6, 6.07) is 10.2. The third-order valence-electron chi connectivity index (χ3n) is 6.18. The number of hydrogen-bond donors (Lipinski definition) is 0. The Balaban J connectivity index is 1.60. The number of morpholine rings is 1. The van der Waals surface area contributed by atoms with Gasteiger partial charge in [-0.15, -0.1) is 0 Å². The van der Waals surface area contributed by atoms with Gasteiger partial charge in [0.15, 0.2) is 14.1 Å². The fraction of sp³-hybridized carbons (Fsp3) is 0.565. The second-order valence-electron chi connectivity index (χ2n) is 9.47. The van der Waals surface area contributed by atoms with Crippen LogP contribution >= 0.6 is 0 Å². The standard InChI is InChI=1S/C23H35N3O3Si/c1-23(2,3)30(5,6)29-15-19-11-12-24-22(25-19)18-7-9-21(10-8-18)28-17-20-16-27-14-13-26(20)4/h7-12,20H,13-17H2,1-6H3. The molecule has 1 fully saturated rings. The molecule has 0 N–H and O–H groups in total. The lowest BCUT2D eigenvalue weighted by molar-refractivity contribution is -0.0108. The van der Waals surface area contributed by atoms with E-state index in [0.717, 1.165) is 30.2 Å². The molecule has 1 aliphatic heterocycles. The van der Waals surface area contributed by atoms with Crippen LogP contribution in [0.25, 0.3) is 11.4 Å². The molecule has 30 heavy (non-hydrogen) atoms. The van der Waals surface area contributed by atoms with Crippen LogP contribution < -0.4 is 4.74 Å². The average molecular weight is 430 g/mol. The van der Waals surface area contributed by atoms with Gasteiger partial charge in [0.05, 0.1) is 31.6 Å². The maximum absolute atomic E-state index is 6.30. The highest BCUT2D eigenvalue weighted by atomic mass is 28.4. The number of likely N-dealkylation sites (N-methyl/N-ethyl adjacent to an activating group) is 1. The largest absolute Gasteiger partial charge is 0.492 e. The molecule has 1 aromatic carbocycles. The highest BCUT2D eigenvalue weighted by Gasteiger charge is 2.37. The molecule has 1 atom stereocenters. The number of ether oxygens (including phenoxy) is 2. The molecule has 2 heterocycles. The minimum absolute atomic E-state index is 0.178. The van der Waals surface area contributed by atoms with E-state index >= 15 is 0 Å². The van der Waals surface area contributed by atoms with Crippen LogP contribution in [0.4, 0.5) is 0 Å². The van der Waals surface area contributed by atoms with Gasteiger partial charge in [-0.1, -0.05) is 20.8 Å². The Hall–Kier alpha value is -1.80. The topological polar surface area (TPSA) is 56.7 Å². The third-order valence-corrected chi connectivity index (χ3v) is 10.7. The summed E-state index contributed by atoms with van der Waals surface area (Å²) >= 11 is 0. The molecule has 1 unspecified atom stereocenters. The lowest BCUT2D eigenvalue weighted by atomic mass is 10.2. The van der Waals surface area contributed by atoms with E-state index < -0.39 is 8.32 Å². The van der Waals surface area contributed by atoms with Gasteiger partial charge in [-0.2, -0.15) is 0 Å². The van der Waals surface area contributed by atoms with Gasteiger partial charge in [-0.3, -0.25) is 4.90 Å². The van der Waals surface area contributed by atoms with Crippen molar-refractivity contribution in [1.82, 2.24) is 14.9 Å². The molecule has 0 spiro atoms. The lowest BCUT2D eigenvalue weighted by Crippen LogP contribution is -2.46. The molecule has 7 heteroatoms. The van der Waals surface area contributed by atoms with Crippen LogP contribution in [0.5, 0.6) is 5.75 Å². The summed E-state index contributed by atoms with van der Waals surface area (Å²) in [6.07, 6.45) is 1.80. The molecule has 1 aromatic heterocycles. The Bertz CT molecular complexity index is 821. The maximum Gasteiger partial charge on any atom is 0.192 e. The molecule has 3 rings (SSSR count). The van der Waals surface area contributed by atoms with E-state index in [2.05, 4.69) is 50.8 Å². The van der Waals surface area contributed by atoms with Gasteiger partial charge in [0.1, 0.15) is 12.4 Å². The van der Waals surface area contributed by atoms with E-state index in [4.69, 9.17) is 18.9 Å². The zero-order valence-electron chi connectivity index (χ0n) is 19.1. The van der Waals surface area contributed by atoms with Crippen molar-refractivity contribution in [1.29, 1.82) is 0 Å². The first-order chi connectivity index (χ1) is 14.2. The van der Waals surface area contributed by atoms with Gasteiger partial charge in [0.25, 0.3) is 0 Å². The van der Waals surface area contributed by atoms with Gasteiger partial charge in [-0.25, -0.2) is 9.97 Å². The van der Waals surface area contributed by atoms with Crippen LogP contribution in [-0.4, -0.2) is 62.6 Å². The van der Waals surface area contributed by atoms with E-state index in [9.17, 15) is 0 Å². The van der Waals surface area contributed by atoms with Crippen LogP contribution in [0.2, 0.25) is 18.1 Å². The number of benzene rings is 1. The zero-order valence-corrected chi connectivity index (χ0v) is 20.1. The van der Waals surface area contributed by atoms with Gasteiger partial charge >= 0.3 is 0 Å². The Kier molecular flexibility index (Phi) is 7.28. The summed E-state index contributed by atoms with van der Waals surface area (Å²) in [5, 5.41) is 0.178. The van der Waals surface area contributed by atoms with Crippen LogP contribution in [0, 0.1) is 0 Å². The predicted molar refractivity (Wildman–Crippen MR) is 122 cm³/mol. The fourth-order valence-electron chi connectivity index (χ4n) is 2.89. The Morgan fingerprint density at radius 1 is 1.17 bits per heavy atom. The molecule has 2 aromatic rings. The Labute approximate surface area is 181 Å². The molecular formula is C23H35N3O3Si. The molecular weight excluding hydrogens is 394 g/mol. The smallest absolute Gasteiger partial charge is 0.192 e. The summed E-state index contributed by atoms with van der Waals surface area (Å²) in [5.74, 6) is 1.55. The Morgan fingerprint density at radius 2 is 1.90 bits per heavy atom. The van der Waals surface area contributed by atoms with E-state index in [1.807, 2.05) is 30.3 Å². The molecule has 0 saturated carbocycles. The monoisotopic (exact) mass is 429 g/mol. The number of rotatable bonds is 7. The predicted octanol–water partition coefficient (Wildman–Crippen LogP) is 4.37. The second-order valence-corrected chi connectivity index (χ2v) is 14.3. The van der Waals surface area contributed by atoms with Crippen LogP contribution in [0.15, 0.2) is 36.5 Å². The van der Waals surface area contributed by atoms with Crippen molar-refractivity contribution in [2.45, 2.75) is 51.6 Å². The van der Waals surface area contributed by atoms with Crippen molar-refractivity contribution in [3.8, 4) is 17.1 Å². The number of nitrogens with zero attached hydrogens (tertiary/aromatic N) is 3. The molecule has 164 valence electrons. The van der Waals surface area contributed by atoms with Crippen molar-refractivity contribution < 1.29 is 13.9 Å². The third kappa shape index (κ3) is 5.88. The van der Waals surface area contributed by atoms with Gasteiger partial charge < -0.3 is 13.9 Å². The first kappa shape index (κ1) is 22.9. The van der Waals surface area contributed by atoms with E-state index in [1.54, 1.807) is 6.20 Å². The van der Waals surface area contributed by atoms with Gasteiger partial charge in [0, 0.05) is 18.3 Å². The van der Waals surface area contributed by atoms with Gasteiger partial charge in [-0.05, 0) is 55.5 Å². The van der Waals surface area contributed by atoms with Crippen LogP contribution in [0.3, 0.4) is 0 Å². The summed E-state index contributed by atoms with van der Waals surface area (Å²) in [5.41, 5.74) is 1.88. The molecule has 0 radical (unpaired) electrons. The summed E-state index contributed by atoms with van der Waals surface area (Å²) in [7, 11) is 0.300. The Morgan fingerprint density at radius 3 is 2.57 bits per heavy atom. The molecule has 1 aliphatic rings. The van der Waals surface area contributed by atoms with Crippen LogP contribution in [0.1, 0.15) is 26.5 Å². The van der Waals surface area contributed by atoms with E-state index in [1.165, 1.54) is 0 Å². The maximum atomic E-state index is 6.30. The van der Waals surface area contributed by atoms with Crippen molar-refractivity contribution in [2.24, 2.45) is 0 Å². The summed E-state index contributed by atoms with van der Waals surface area (Å²) in [4.78, 5) is 11.4. The molecule has 1 saturated heterocycles. The number of aromatic nitrogens is 2. The van der Waals surface area contributed by atoms with Crippen molar-refractivity contribution in [3.63, 3.8) is 0 Å². The average Bonchev–Trinajstić information content (AvgIpc) is 2.71. The van der Waals surface area contributed by atoms with E-state index in [-0.39, 0.29) is 5.04 Å². The number of hydrogen-bond acceptors (Lipinski definition) is 6. The molecule has 0 amide bonds. The van der Waals surface area contributed by atoms with Gasteiger partial charge in [0.2, 0.25) is 0 Å². The summed E-state index contributed by atoms with van der Waals surface area (Å²) < 4.78 is 17.8. The quantitative estimate of drug-likeness (QED) is 0.609. The molecule has 0 aliphatic carbocycles. The lowest BCUT2D eigenvalue weighted by Gasteiger charge is -2.36.